The summed E-state index contributed by atoms with van der Waals surface area (Å²) in [7, 11) is 0. The van der Waals surface area contributed by atoms with Gasteiger partial charge in [0.1, 0.15) is 11.4 Å². The minimum absolute atomic E-state index is 0.0557. The fraction of sp³-hybridized carbons (Fsp3) is 0.250. The van der Waals surface area contributed by atoms with Gasteiger partial charge in [-0.25, -0.2) is 14.4 Å². The van der Waals surface area contributed by atoms with Crippen LogP contribution in [0, 0.1) is 5.82 Å². The number of alkyl halides is 3. The molecule has 0 spiro atoms. The Morgan fingerprint density at radius 1 is 1.06 bits per heavy atom. The largest absolute Gasteiger partial charge is 0.419 e. The predicted octanol–water partition coefficient (Wildman–Crippen LogP) is 5.61. The van der Waals surface area contributed by atoms with Crippen LogP contribution in [0.2, 0.25) is 0 Å². The summed E-state index contributed by atoms with van der Waals surface area (Å²) in [6, 6.07) is 11.5. The van der Waals surface area contributed by atoms with Crippen molar-refractivity contribution in [1.82, 2.24) is 20.3 Å². The first-order chi connectivity index (χ1) is 15.9. The van der Waals surface area contributed by atoms with E-state index in [9.17, 15) is 17.6 Å². The third-order valence-electron chi connectivity index (χ3n) is 5.82. The SMILES string of the molecule is Fc1cccc(-c2ccc3c(-c4nc(N[C@H]5CCCNC5)ncc4C(F)(F)F)c[nH]c3c2)c1. The van der Waals surface area contributed by atoms with E-state index in [0.717, 1.165) is 31.1 Å². The molecule has 0 aliphatic carbocycles. The maximum atomic E-state index is 13.8. The number of halogens is 4. The smallest absolute Gasteiger partial charge is 0.360 e. The average molecular weight is 455 g/mol. The van der Waals surface area contributed by atoms with E-state index in [1.165, 1.54) is 18.3 Å². The number of hydrogen-bond acceptors (Lipinski definition) is 4. The van der Waals surface area contributed by atoms with Gasteiger partial charge in [0.2, 0.25) is 5.95 Å². The molecule has 170 valence electrons. The van der Waals surface area contributed by atoms with Gasteiger partial charge in [-0.15, -0.1) is 0 Å². The van der Waals surface area contributed by atoms with Gasteiger partial charge in [-0.05, 0) is 48.7 Å². The van der Waals surface area contributed by atoms with Crippen molar-refractivity contribution in [2.24, 2.45) is 0 Å². The summed E-state index contributed by atoms with van der Waals surface area (Å²) in [6.45, 7) is 1.62. The lowest BCUT2D eigenvalue weighted by atomic mass is 10.0. The van der Waals surface area contributed by atoms with Crippen LogP contribution < -0.4 is 10.6 Å². The highest BCUT2D eigenvalue weighted by Gasteiger charge is 2.36. The number of nitrogens with zero attached hydrogens (tertiary/aromatic N) is 2. The number of rotatable bonds is 4. The van der Waals surface area contributed by atoms with Gasteiger partial charge in [-0.1, -0.05) is 24.3 Å². The fourth-order valence-corrected chi connectivity index (χ4v) is 4.19. The van der Waals surface area contributed by atoms with E-state index in [1.54, 1.807) is 30.3 Å². The molecule has 5 rings (SSSR count). The van der Waals surface area contributed by atoms with Crippen molar-refractivity contribution in [1.29, 1.82) is 0 Å². The molecule has 1 aliphatic rings. The maximum absolute atomic E-state index is 13.8. The van der Waals surface area contributed by atoms with Crippen molar-refractivity contribution in [3.63, 3.8) is 0 Å². The molecule has 5 nitrogen and oxygen atoms in total. The van der Waals surface area contributed by atoms with Crippen LogP contribution in [0.15, 0.2) is 54.9 Å². The van der Waals surface area contributed by atoms with Crippen LogP contribution in [0.3, 0.4) is 0 Å². The van der Waals surface area contributed by atoms with Crippen molar-refractivity contribution >= 4 is 16.9 Å². The molecule has 0 saturated carbocycles. The first-order valence-electron chi connectivity index (χ1n) is 10.7. The number of hydrogen-bond donors (Lipinski definition) is 3. The lowest BCUT2D eigenvalue weighted by molar-refractivity contribution is -0.137. The number of anilines is 1. The molecule has 0 radical (unpaired) electrons. The van der Waals surface area contributed by atoms with Crippen LogP contribution in [0.1, 0.15) is 18.4 Å². The number of aromatic amines is 1. The predicted molar refractivity (Wildman–Crippen MR) is 119 cm³/mol. The molecule has 0 bridgehead atoms. The summed E-state index contributed by atoms with van der Waals surface area (Å²) in [6.07, 6.45) is -0.389. The summed E-state index contributed by atoms with van der Waals surface area (Å²) < 4.78 is 55.0. The second kappa shape index (κ2) is 8.47. The number of H-pyrrole nitrogens is 1. The minimum Gasteiger partial charge on any atom is -0.360 e. The number of nitrogens with one attached hydrogen (secondary N) is 3. The van der Waals surface area contributed by atoms with Crippen molar-refractivity contribution in [3.05, 3.63) is 66.2 Å². The molecule has 3 heterocycles. The zero-order valence-corrected chi connectivity index (χ0v) is 17.5. The van der Waals surface area contributed by atoms with Gasteiger partial charge >= 0.3 is 6.18 Å². The number of piperidine rings is 1. The number of benzene rings is 2. The molecule has 33 heavy (non-hydrogen) atoms. The van der Waals surface area contributed by atoms with E-state index in [-0.39, 0.29) is 23.5 Å². The first-order valence-corrected chi connectivity index (χ1v) is 10.7. The van der Waals surface area contributed by atoms with E-state index < -0.39 is 11.7 Å². The standard InChI is InChI=1S/C24H21F4N5/c25-16-4-1-3-14(9-16)15-6-7-18-19(12-30-21(18)10-15)22-20(24(26,27)28)13-31-23(33-22)32-17-5-2-8-29-11-17/h1,3-4,6-7,9-10,12-13,17,29-30H,2,5,8,11H2,(H,31,32,33)/t17-/m0/s1. The van der Waals surface area contributed by atoms with Gasteiger partial charge in [0, 0.05) is 41.4 Å². The van der Waals surface area contributed by atoms with Crippen LogP contribution >= 0.6 is 0 Å². The topological polar surface area (TPSA) is 65.6 Å². The third kappa shape index (κ3) is 4.41. The molecule has 9 heteroatoms. The van der Waals surface area contributed by atoms with Crippen LogP contribution in [0.4, 0.5) is 23.5 Å². The van der Waals surface area contributed by atoms with Gasteiger partial charge in [0.05, 0.1) is 5.69 Å². The molecule has 0 unspecified atom stereocenters. The zero-order valence-electron chi connectivity index (χ0n) is 17.5. The van der Waals surface area contributed by atoms with Crippen molar-refractivity contribution < 1.29 is 17.6 Å². The summed E-state index contributed by atoms with van der Waals surface area (Å²) in [5.41, 5.74) is 1.30. The van der Waals surface area contributed by atoms with Gasteiger partial charge in [0.25, 0.3) is 0 Å². The molecule has 2 aromatic heterocycles. The Kier molecular flexibility index (Phi) is 5.49. The Morgan fingerprint density at radius 2 is 1.91 bits per heavy atom. The molecule has 1 fully saturated rings. The quantitative estimate of drug-likeness (QED) is 0.350. The molecule has 3 N–H and O–H groups in total. The molecule has 0 amide bonds. The molecular weight excluding hydrogens is 434 g/mol. The second-order valence-electron chi connectivity index (χ2n) is 8.11. The summed E-state index contributed by atoms with van der Waals surface area (Å²) in [4.78, 5) is 11.3. The molecule has 2 aromatic carbocycles. The van der Waals surface area contributed by atoms with E-state index in [2.05, 4.69) is 25.6 Å². The van der Waals surface area contributed by atoms with Gasteiger partial charge < -0.3 is 15.6 Å². The molecule has 4 aromatic rings. The van der Waals surface area contributed by atoms with E-state index in [1.807, 2.05) is 0 Å². The van der Waals surface area contributed by atoms with Crippen LogP contribution in [0.5, 0.6) is 0 Å². The highest BCUT2D eigenvalue weighted by Crippen LogP contribution is 2.39. The monoisotopic (exact) mass is 455 g/mol. The van der Waals surface area contributed by atoms with Crippen LogP contribution in [0.25, 0.3) is 33.3 Å². The molecular formula is C24H21F4N5. The van der Waals surface area contributed by atoms with E-state index in [4.69, 9.17) is 0 Å². The number of fused-ring (bicyclic) bond motifs is 1. The Labute approximate surface area is 187 Å². The van der Waals surface area contributed by atoms with Crippen LogP contribution in [-0.2, 0) is 6.18 Å². The highest BCUT2D eigenvalue weighted by molar-refractivity contribution is 5.97. The van der Waals surface area contributed by atoms with E-state index >= 15 is 0 Å². The zero-order chi connectivity index (χ0) is 23.0. The summed E-state index contributed by atoms with van der Waals surface area (Å²) in [5, 5.41) is 6.99. The van der Waals surface area contributed by atoms with Crippen molar-refractivity contribution in [2.45, 2.75) is 25.1 Å². The molecule has 1 aliphatic heterocycles. The second-order valence-corrected chi connectivity index (χ2v) is 8.11. The maximum Gasteiger partial charge on any atom is 0.419 e. The van der Waals surface area contributed by atoms with Gasteiger partial charge in [-0.2, -0.15) is 13.2 Å². The Balaban J connectivity index is 1.56. The molecule has 1 saturated heterocycles. The van der Waals surface area contributed by atoms with Crippen LogP contribution in [-0.4, -0.2) is 34.1 Å². The Morgan fingerprint density at radius 3 is 2.67 bits per heavy atom. The van der Waals surface area contributed by atoms with Crippen molar-refractivity contribution in [2.75, 3.05) is 18.4 Å². The average Bonchev–Trinajstić information content (AvgIpc) is 3.22. The fourth-order valence-electron chi connectivity index (χ4n) is 4.19. The number of aromatic nitrogens is 3. The molecule has 1 atom stereocenters. The normalized spacial score (nSPS) is 16.8. The van der Waals surface area contributed by atoms with Crippen molar-refractivity contribution in [3.8, 4) is 22.4 Å². The Hall–Kier alpha value is -3.46. The summed E-state index contributed by atoms with van der Waals surface area (Å²) in [5.74, 6) is -0.193. The lowest BCUT2D eigenvalue weighted by Gasteiger charge is -2.24. The van der Waals surface area contributed by atoms with E-state index in [0.29, 0.717) is 28.6 Å². The first kappa shape index (κ1) is 21.4. The third-order valence-corrected chi connectivity index (χ3v) is 5.82. The summed E-state index contributed by atoms with van der Waals surface area (Å²) >= 11 is 0. The van der Waals surface area contributed by atoms with Gasteiger partial charge in [-0.3, -0.25) is 0 Å². The lowest BCUT2D eigenvalue weighted by Crippen LogP contribution is -2.38. The Bertz CT molecular complexity index is 1290. The van der Waals surface area contributed by atoms with Gasteiger partial charge in [0.15, 0.2) is 0 Å². The minimum atomic E-state index is -4.61. The highest BCUT2D eigenvalue weighted by atomic mass is 19.4.